The van der Waals surface area contributed by atoms with Crippen LogP contribution in [-0.4, -0.2) is 5.78 Å². The summed E-state index contributed by atoms with van der Waals surface area (Å²) in [4.78, 5) is 11.1. The highest BCUT2D eigenvalue weighted by Gasteiger charge is 2.36. The van der Waals surface area contributed by atoms with Crippen molar-refractivity contribution in [2.75, 3.05) is 0 Å². The second-order valence-electron chi connectivity index (χ2n) is 4.52. The van der Waals surface area contributed by atoms with Gasteiger partial charge in [-0.1, -0.05) is 13.0 Å². The van der Waals surface area contributed by atoms with Crippen molar-refractivity contribution in [1.82, 2.24) is 0 Å². The summed E-state index contributed by atoms with van der Waals surface area (Å²) >= 11 is 0. The van der Waals surface area contributed by atoms with Crippen molar-refractivity contribution >= 4 is 5.78 Å². The number of allylic oxidation sites excluding steroid dienone is 2. The van der Waals surface area contributed by atoms with E-state index in [4.69, 9.17) is 0 Å². The van der Waals surface area contributed by atoms with Gasteiger partial charge in [-0.3, -0.25) is 4.79 Å². The fourth-order valence-corrected chi connectivity index (χ4v) is 2.42. The molecule has 0 atom stereocenters. The second kappa shape index (κ2) is 2.72. The lowest BCUT2D eigenvalue weighted by atomic mass is 9.71. The fraction of sp³-hybridized carbons (Fsp3) is 0.727. The lowest BCUT2D eigenvalue weighted by molar-refractivity contribution is -0.115. The molecular formula is C11H16O. The summed E-state index contributed by atoms with van der Waals surface area (Å²) in [5.41, 5.74) is 0.295. The molecule has 2 aliphatic rings. The molecule has 0 heterocycles. The van der Waals surface area contributed by atoms with Gasteiger partial charge in [0.2, 0.25) is 0 Å². The summed E-state index contributed by atoms with van der Waals surface area (Å²) < 4.78 is 0. The zero-order chi connectivity index (χ0) is 8.60. The summed E-state index contributed by atoms with van der Waals surface area (Å²) in [6.45, 7) is 2.31. The fourth-order valence-electron chi connectivity index (χ4n) is 2.42. The van der Waals surface area contributed by atoms with E-state index in [1.54, 1.807) is 6.08 Å². The van der Waals surface area contributed by atoms with Crippen LogP contribution in [0.3, 0.4) is 0 Å². The minimum Gasteiger partial charge on any atom is -0.295 e. The van der Waals surface area contributed by atoms with Crippen LogP contribution >= 0.6 is 0 Å². The minimum absolute atomic E-state index is 0.295. The lowest BCUT2D eigenvalue weighted by Crippen LogP contribution is -2.23. The molecule has 0 aromatic heterocycles. The number of carbonyl (C=O) groups excluding carboxylic acids is 1. The average Bonchev–Trinajstić information content (AvgIpc) is 2.40. The highest BCUT2D eigenvalue weighted by atomic mass is 16.1. The third kappa shape index (κ3) is 1.33. The van der Waals surface area contributed by atoms with E-state index in [1.165, 1.54) is 25.7 Å². The SMILES string of the molecule is CC1CCC2(C=CC(=O)C2)CC1. The number of rotatable bonds is 0. The summed E-state index contributed by atoms with van der Waals surface area (Å²) in [7, 11) is 0. The third-order valence-electron chi connectivity index (χ3n) is 3.42. The molecule has 0 N–H and O–H groups in total. The first-order valence-corrected chi connectivity index (χ1v) is 4.92. The Morgan fingerprint density at radius 1 is 1.42 bits per heavy atom. The Balaban J connectivity index is 2.05. The maximum atomic E-state index is 11.1. The first kappa shape index (κ1) is 8.03. The molecule has 0 aliphatic heterocycles. The van der Waals surface area contributed by atoms with Gasteiger partial charge < -0.3 is 0 Å². The Hall–Kier alpha value is -0.590. The van der Waals surface area contributed by atoms with E-state index in [9.17, 15) is 4.79 Å². The predicted molar refractivity (Wildman–Crippen MR) is 48.8 cm³/mol. The molecule has 0 aromatic carbocycles. The summed E-state index contributed by atoms with van der Waals surface area (Å²) in [5.74, 6) is 1.21. The van der Waals surface area contributed by atoms with E-state index >= 15 is 0 Å². The van der Waals surface area contributed by atoms with Gasteiger partial charge in [0.15, 0.2) is 5.78 Å². The van der Waals surface area contributed by atoms with Crippen molar-refractivity contribution in [3.8, 4) is 0 Å². The van der Waals surface area contributed by atoms with Crippen molar-refractivity contribution in [2.24, 2.45) is 11.3 Å². The smallest absolute Gasteiger partial charge is 0.156 e. The molecule has 1 saturated carbocycles. The average molecular weight is 164 g/mol. The van der Waals surface area contributed by atoms with E-state index in [0.717, 1.165) is 12.3 Å². The van der Waals surface area contributed by atoms with Crippen LogP contribution in [0.2, 0.25) is 0 Å². The van der Waals surface area contributed by atoms with Crippen LogP contribution in [-0.2, 0) is 4.79 Å². The molecule has 1 spiro atoms. The van der Waals surface area contributed by atoms with Crippen molar-refractivity contribution in [3.63, 3.8) is 0 Å². The van der Waals surface area contributed by atoms with Gasteiger partial charge in [0.1, 0.15) is 0 Å². The minimum atomic E-state index is 0.295. The van der Waals surface area contributed by atoms with Crippen molar-refractivity contribution in [1.29, 1.82) is 0 Å². The van der Waals surface area contributed by atoms with Crippen LogP contribution in [0.4, 0.5) is 0 Å². The Morgan fingerprint density at radius 3 is 2.58 bits per heavy atom. The second-order valence-corrected chi connectivity index (χ2v) is 4.52. The molecule has 0 amide bonds. The van der Waals surface area contributed by atoms with Crippen molar-refractivity contribution in [3.05, 3.63) is 12.2 Å². The van der Waals surface area contributed by atoms with E-state index in [-0.39, 0.29) is 0 Å². The highest BCUT2D eigenvalue weighted by Crippen LogP contribution is 2.45. The molecule has 0 bridgehead atoms. The Kier molecular flexibility index (Phi) is 1.82. The molecule has 2 rings (SSSR count). The van der Waals surface area contributed by atoms with Gasteiger partial charge >= 0.3 is 0 Å². The molecule has 0 saturated heterocycles. The van der Waals surface area contributed by atoms with Gasteiger partial charge in [-0.2, -0.15) is 0 Å². The molecule has 66 valence electrons. The molecule has 0 radical (unpaired) electrons. The lowest BCUT2D eigenvalue weighted by Gasteiger charge is -2.34. The standard InChI is InChI=1S/C11H16O/c1-9-2-5-11(6-3-9)7-4-10(12)8-11/h4,7,9H,2-3,5-6,8H2,1H3. The maximum absolute atomic E-state index is 11.1. The van der Waals surface area contributed by atoms with Crippen LogP contribution in [0.5, 0.6) is 0 Å². The highest BCUT2D eigenvalue weighted by molar-refractivity contribution is 5.93. The molecule has 0 unspecified atom stereocenters. The van der Waals surface area contributed by atoms with Crippen LogP contribution in [0, 0.1) is 11.3 Å². The van der Waals surface area contributed by atoms with Gasteiger partial charge in [-0.25, -0.2) is 0 Å². The van der Waals surface area contributed by atoms with Crippen LogP contribution in [0.25, 0.3) is 0 Å². The third-order valence-corrected chi connectivity index (χ3v) is 3.42. The van der Waals surface area contributed by atoms with Crippen molar-refractivity contribution in [2.45, 2.75) is 39.0 Å². The molecule has 0 aromatic rings. The maximum Gasteiger partial charge on any atom is 0.156 e. The van der Waals surface area contributed by atoms with Gasteiger partial charge in [0, 0.05) is 6.42 Å². The van der Waals surface area contributed by atoms with E-state index in [1.807, 2.05) is 0 Å². The number of hydrogen-bond acceptors (Lipinski definition) is 1. The van der Waals surface area contributed by atoms with Gasteiger partial charge in [0.05, 0.1) is 0 Å². The van der Waals surface area contributed by atoms with Crippen LogP contribution < -0.4 is 0 Å². The quantitative estimate of drug-likeness (QED) is 0.538. The normalized spacial score (nSPS) is 41.1. The Labute approximate surface area is 73.8 Å². The van der Waals surface area contributed by atoms with Gasteiger partial charge in [-0.05, 0) is 43.1 Å². The van der Waals surface area contributed by atoms with E-state index < -0.39 is 0 Å². The van der Waals surface area contributed by atoms with Crippen molar-refractivity contribution < 1.29 is 4.79 Å². The summed E-state index contributed by atoms with van der Waals surface area (Å²) in [5, 5.41) is 0. The number of ketones is 1. The largest absolute Gasteiger partial charge is 0.295 e. The molecular weight excluding hydrogens is 148 g/mol. The molecule has 2 aliphatic carbocycles. The Bertz CT molecular complexity index is 219. The zero-order valence-electron chi connectivity index (χ0n) is 7.68. The Morgan fingerprint density at radius 2 is 2.08 bits per heavy atom. The summed E-state index contributed by atoms with van der Waals surface area (Å²) in [6, 6.07) is 0. The first-order valence-electron chi connectivity index (χ1n) is 4.92. The topological polar surface area (TPSA) is 17.1 Å². The van der Waals surface area contributed by atoms with E-state index in [2.05, 4.69) is 13.0 Å². The number of carbonyl (C=O) groups is 1. The molecule has 1 fully saturated rings. The predicted octanol–water partition coefficient (Wildman–Crippen LogP) is 2.71. The number of hydrogen-bond donors (Lipinski definition) is 0. The molecule has 12 heavy (non-hydrogen) atoms. The first-order chi connectivity index (χ1) is 5.70. The van der Waals surface area contributed by atoms with Gasteiger partial charge in [-0.15, -0.1) is 0 Å². The zero-order valence-corrected chi connectivity index (χ0v) is 7.68. The molecule has 1 heteroatoms. The molecule has 1 nitrogen and oxygen atoms in total. The van der Waals surface area contributed by atoms with E-state index in [0.29, 0.717) is 11.2 Å². The van der Waals surface area contributed by atoms with Crippen LogP contribution in [0.15, 0.2) is 12.2 Å². The van der Waals surface area contributed by atoms with Crippen LogP contribution in [0.1, 0.15) is 39.0 Å². The summed E-state index contributed by atoms with van der Waals surface area (Å²) in [6.07, 6.45) is 9.82. The van der Waals surface area contributed by atoms with Gasteiger partial charge in [0.25, 0.3) is 0 Å². The monoisotopic (exact) mass is 164 g/mol.